The van der Waals surface area contributed by atoms with Crippen LogP contribution < -0.4 is 11.1 Å². The molecule has 4 nitrogen and oxygen atoms in total. The Bertz CT molecular complexity index is 439. The minimum atomic E-state index is -0.210. The predicted molar refractivity (Wildman–Crippen MR) is 74.8 cm³/mol. The van der Waals surface area contributed by atoms with E-state index < -0.39 is 0 Å². The number of carbonyl (C=O) groups is 1. The second kappa shape index (κ2) is 5.78. The van der Waals surface area contributed by atoms with Gasteiger partial charge in [0.1, 0.15) is 11.5 Å². The third kappa shape index (κ3) is 3.60. The fourth-order valence-corrected chi connectivity index (χ4v) is 2.35. The summed E-state index contributed by atoms with van der Waals surface area (Å²) in [6.07, 6.45) is 1.79. The molecular weight excluding hydrogens is 240 g/mol. The summed E-state index contributed by atoms with van der Waals surface area (Å²) in [5.74, 6) is 3.03. The monoisotopic (exact) mass is 264 g/mol. The van der Waals surface area contributed by atoms with Crippen molar-refractivity contribution in [1.29, 1.82) is 0 Å². The molecule has 1 aromatic heterocycles. The number of rotatable bonds is 6. The van der Waals surface area contributed by atoms with Gasteiger partial charge in [-0.1, -0.05) is 6.92 Å². The maximum Gasteiger partial charge on any atom is 0.225 e. The van der Waals surface area contributed by atoms with E-state index in [0.29, 0.717) is 18.9 Å². The van der Waals surface area contributed by atoms with Crippen molar-refractivity contribution in [3.8, 4) is 0 Å². The van der Waals surface area contributed by atoms with Crippen molar-refractivity contribution in [3.05, 3.63) is 23.7 Å². The third-order valence-corrected chi connectivity index (χ3v) is 3.69. The topological polar surface area (TPSA) is 68.3 Å². The highest BCUT2D eigenvalue weighted by Crippen LogP contribution is 2.47. The van der Waals surface area contributed by atoms with E-state index in [4.69, 9.17) is 10.2 Å². The average molecular weight is 264 g/mol. The molecule has 1 aliphatic carbocycles. The lowest BCUT2D eigenvalue weighted by Crippen LogP contribution is -2.39. The van der Waals surface area contributed by atoms with E-state index >= 15 is 0 Å². The average Bonchev–Trinajstić information content (AvgIpc) is 2.89. The molecule has 1 saturated carbocycles. The molecule has 2 rings (SSSR count). The van der Waals surface area contributed by atoms with Crippen LogP contribution in [0.4, 0.5) is 0 Å². The van der Waals surface area contributed by atoms with Gasteiger partial charge in [-0.15, -0.1) is 0 Å². The lowest BCUT2D eigenvalue weighted by Gasteiger charge is -2.15. The highest BCUT2D eigenvalue weighted by atomic mass is 16.3. The van der Waals surface area contributed by atoms with Crippen LogP contribution in [0.3, 0.4) is 0 Å². The number of amides is 1. The highest BCUT2D eigenvalue weighted by Gasteiger charge is 2.36. The fourth-order valence-electron chi connectivity index (χ4n) is 2.35. The van der Waals surface area contributed by atoms with E-state index in [1.807, 2.05) is 26.0 Å². The largest absolute Gasteiger partial charge is 0.466 e. The first-order valence-corrected chi connectivity index (χ1v) is 7.10. The molecule has 3 atom stereocenters. The predicted octanol–water partition coefficient (Wildman–Crippen LogP) is 2.04. The number of nitrogens with one attached hydrogen (secondary N) is 1. The van der Waals surface area contributed by atoms with Gasteiger partial charge in [0, 0.05) is 24.9 Å². The second-order valence-electron chi connectivity index (χ2n) is 5.92. The summed E-state index contributed by atoms with van der Waals surface area (Å²) in [5.41, 5.74) is 5.70. The van der Waals surface area contributed by atoms with Crippen LogP contribution in [0.5, 0.6) is 0 Å². The van der Waals surface area contributed by atoms with E-state index in [9.17, 15) is 4.79 Å². The van der Waals surface area contributed by atoms with E-state index in [2.05, 4.69) is 12.2 Å². The van der Waals surface area contributed by atoms with Crippen LogP contribution in [0.2, 0.25) is 0 Å². The molecule has 0 spiro atoms. The molecule has 0 aliphatic heterocycles. The molecule has 3 unspecified atom stereocenters. The first-order chi connectivity index (χ1) is 9.01. The highest BCUT2D eigenvalue weighted by molar-refractivity contribution is 5.79. The SMILES string of the molecule is CC(C)NC(=O)C(CN)Cc1ccc(C2CC2C)o1. The Hall–Kier alpha value is -1.29. The Balaban J connectivity index is 1.94. The van der Waals surface area contributed by atoms with Gasteiger partial charge in [0.25, 0.3) is 0 Å². The minimum absolute atomic E-state index is 0.00948. The third-order valence-electron chi connectivity index (χ3n) is 3.69. The summed E-state index contributed by atoms with van der Waals surface area (Å²) >= 11 is 0. The van der Waals surface area contributed by atoms with Crippen LogP contribution >= 0.6 is 0 Å². The van der Waals surface area contributed by atoms with E-state index in [1.165, 1.54) is 6.42 Å². The summed E-state index contributed by atoms with van der Waals surface area (Å²) in [4.78, 5) is 12.0. The smallest absolute Gasteiger partial charge is 0.225 e. The van der Waals surface area contributed by atoms with Gasteiger partial charge in [-0.05, 0) is 38.3 Å². The Morgan fingerprint density at radius 1 is 1.53 bits per heavy atom. The van der Waals surface area contributed by atoms with Crippen LogP contribution in [0.15, 0.2) is 16.5 Å². The van der Waals surface area contributed by atoms with Crippen LogP contribution in [-0.2, 0) is 11.2 Å². The van der Waals surface area contributed by atoms with Gasteiger partial charge in [-0.25, -0.2) is 0 Å². The van der Waals surface area contributed by atoms with Gasteiger partial charge >= 0.3 is 0 Å². The molecule has 19 heavy (non-hydrogen) atoms. The standard InChI is InChI=1S/C15H24N2O2/c1-9(2)17-15(18)11(8-16)7-12-4-5-14(19-12)13-6-10(13)3/h4-5,9-11,13H,6-8,16H2,1-3H3,(H,17,18). The minimum Gasteiger partial charge on any atom is -0.466 e. The Labute approximate surface area is 114 Å². The number of nitrogens with two attached hydrogens (primary N) is 1. The number of furan rings is 1. The lowest BCUT2D eigenvalue weighted by molar-refractivity contribution is -0.125. The molecule has 1 heterocycles. The zero-order valence-electron chi connectivity index (χ0n) is 12.0. The summed E-state index contributed by atoms with van der Waals surface area (Å²) in [5, 5.41) is 2.90. The molecule has 1 aromatic rings. The number of hydrogen-bond acceptors (Lipinski definition) is 3. The van der Waals surface area contributed by atoms with Crippen molar-refractivity contribution in [2.75, 3.05) is 6.54 Å². The van der Waals surface area contributed by atoms with Gasteiger partial charge in [-0.2, -0.15) is 0 Å². The van der Waals surface area contributed by atoms with E-state index in [0.717, 1.165) is 17.4 Å². The zero-order chi connectivity index (χ0) is 14.0. The van der Waals surface area contributed by atoms with Crippen LogP contribution in [0, 0.1) is 11.8 Å². The van der Waals surface area contributed by atoms with Crippen molar-refractivity contribution < 1.29 is 9.21 Å². The summed E-state index contributed by atoms with van der Waals surface area (Å²) in [7, 11) is 0. The lowest BCUT2D eigenvalue weighted by atomic mass is 10.0. The molecule has 0 saturated heterocycles. The van der Waals surface area contributed by atoms with E-state index in [1.54, 1.807) is 0 Å². The first-order valence-electron chi connectivity index (χ1n) is 7.10. The molecule has 4 heteroatoms. The summed E-state index contributed by atoms with van der Waals surface area (Å²) in [6, 6.07) is 4.16. The Kier molecular flexibility index (Phi) is 4.30. The van der Waals surface area contributed by atoms with Crippen LogP contribution in [0.1, 0.15) is 44.6 Å². The molecule has 0 radical (unpaired) electrons. The molecule has 0 bridgehead atoms. The Morgan fingerprint density at radius 2 is 2.21 bits per heavy atom. The maximum atomic E-state index is 12.0. The molecule has 1 fully saturated rings. The molecule has 1 aliphatic rings. The summed E-state index contributed by atoms with van der Waals surface area (Å²) < 4.78 is 5.83. The van der Waals surface area contributed by atoms with Crippen molar-refractivity contribution in [2.45, 2.75) is 45.6 Å². The molecule has 0 aromatic carbocycles. The molecular formula is C15H24N2O2. The Morgan fingerprint density at radius 3 is 2.74 bits per heavy atom. The van der Waals surface area contributed by atoms with Gasteiger partial charge < -0.3 is 15.5 Å². The van der Waals surface area contributed by atoms with Crippen molar-refractivity contribution in [1.82, 2.24) is 5.32 Å². The summed E-state index contributed by atoms with van der Waals surface area (Å²) in [6.45, 7) is 6.47. The maximum absolute atomic E-state index is 12.0. The molecule has 1 amide bonds. The normalized spacial score (nSPS) is 23.4. The van der Waals surface area contributed by atoms with Gasteiger partial charge in [-0.3, -0.25) is 4.79 Å². The van der Waals surface area contributed by atoms with Gasteiger partial charge in [0.05, 0.1) is 5.92 Å². The zero-order valence-corrected chi connectivity index (χ0v) is 12.0. The van der Waals surface area contributed by atoms with Crippen LogP contribution in [0.25, 0.3) is 0 Å². The van der Waals surface area contributed by atoms with Crippen molar-refractivity contribution in [2.24, 2.45) is 17.6 Å². The fraction of sp³-hybridized carbons (Fsp3) is 0.667. The van der Waals surface area contributed by atoms with E-state index in [-0.39, 0.29) is 17.9 Å². The first kappa shape index (κ1) is 14.1. The second-order valence-corrected chi connectivity index (χ2v) is 5.92. The van der Waals surface area contributed by atoms with Crippen molar-refractivity contribution in [3.63, 3.8) is 0 Å². The van der Waals surface area contributed by atoms with Crippen molar-refractivity contribution >= 4 is 5.91 Å². The molecule has 3 N–H and O–H groups in total. The molecule has 106 valence electrons. The number of hydrogen-bond donors (Lipinski definition) is 2. The van der Waals surface area contributed by atoms with Gasteiger partial charge in [0.15, 0.2) is 0 Å². The van der Waals surface area contributed by atoms with Gasteiger partial charge in [0.2, 0.25) is 5.91 Å². The van der Waals surface area contributed by atoms with Crippen LogP contribution in [-0.4, -0.2) is 18.5 Å². The quantitative estimate of drug-likeness (QED) is 0.826. The number of carbonyl (C=O) groups excluding carboxylic acids is 1.